The van der Waals surface area contributed by atoms with Crippen LogP contribution in [-0.2, 0) is 6.61 Å². The third-order valence-electron chi connectivity index (χ3n) is 2.53. The van der Waals surface area contributed by atoms with E-state index in [1.807, 2.05) is 0 Å². The van der Waals surface area contributed by atoms with E-state index >= 15 is 0 Å². The third-order valence-corrected chi connectivity index (χ3v) is 3.30. The van der Waals surface area contributed by atoms with Crippen molar-refractivity contribution >= 4 is 15.9 Å². The Balaban J connectivity index is 2.56. The lowest BCUT2D eigenvalue weighted by Crippen LogP contribution is -1.99. The first-order valence-corrected chi connectivity index (χ1v) is 5.91. The molecule has 2 aromatic rings. The molecule has 0 fully saturated rings. The van der Waals surface area contributed by atoms with E-state index in [1.165, 1.54) is 12.3 Å². The Labute approximate surface area is 111 Å². The minimum absolute atomic E-state index is 0.0151. The van der Waals surface area contributed by atoms with Crippen molar-refractivity contribution in [2.45, 2.75) is 13.5 Å². The van der Waals surface area contributed by atoms with Gasteiger partial charge in [-0.1, -0.05) is 0 Å². The quantitative estimate of drug-likeness (QED) is 0.867. The van der Waals surface area contributed by atoms with Gasteiger partial charge in [0.05, 0.1) is 11.1 Å². The number of aliphatic hydroxyl groups is 1. The fourth-order valence-electron chi connectivity index (χ4n) is 1.48. The van der Waals surface area contributed by atoms with Gasteiger partial charge in [-0.25, -0.2) is 18.7 Å². The molecule has 0 atom stereocenters. The number of nitrogens with zero attached hydrogens (tertiary/aromatic N) is 2. The Morgan fingerprint density at radius 1 is 1.33 bits per heavy atom. The monoisotopic (exact) mass is 314 g/mol. The molecule has 1 heterocycles. The van der Waals surface area contributed by atoms with E-state index in [-0.39, 0.29) is 16.9 Å². The number of hydrogen-bond donors (Lipinski definition) is 1. The second-order valence-electron chi connectivity index (χ2n) is 3.69. The Kier molecular flexibility index (Phi) is 3.68. The zero-order valence-corrected chi connectivity index (χ0v) is 11.0. The first kappa shape index (κ1) is 13.0. The molecule has 0 amide bonds. The summed E-state index contributed by atoms with van der Waals surface area (Å²) in [6.45, 7) is 1.55. The summed E-state index contributed by atoms with van der Waals surface area (Å²) < 4.78 is 26.4. The van der Waals surface area contributed by atoms with Gasteiger partial charge in [-0.05, 0) is 35.0 Å². The summed E-state index contributed by atoms with van der Waals surface area (Å²) in [6, 6.07) is 2.42. The molecule has 6 heteroatoms. The maximum absolute atomic E-state index is 13.4. The predicted molar refractivity (Wildman–Crippen MR) is 65.7 cm³/mol. The zero-order valence-electron chi connectivity index (χ0n) is 9.41. The van der Waals surface area contributed by atoms with Gasteiger partial charge >= 0.3 is 0 Å². The predicted octanol–water partition coefficient (Wildman–Crippen LogP) is 2.99. The molecule has 0 aliphatic rings. The van der Waals surface area contributed by atoms with Crippen LogP contribution in [0.2, 0.25) is 0 Å². The van der Waals surface area contributed by atoms with E-state index in [0.717, 1.165) is 6.07 Å². The van der Waals surface area contributed by atoms with Gasteiger partial charge in [0.2, 0.25) is 0 Å². The van der Waals surface area contributed by atoms with Crippen LogP contribution >= 0.6 is 15.9 Å². The molecule has 0 unspecified atom stereocenters. The van der Waals surface area contributed by atoms with Gasteiger partial charge < -0.3 is 5.11 Å². The molecule has 18 heavy (non-hydrogen) atoms. The van der Waals surface area contributed by atoms with Crippen LogP contribution in [0, 0.1) is 18.6 Å². The molecule has 1 aromatic carbocycles. The number of hydrogen-bond acceptors (Lipinski definition) is 3. The van der Waals surface area contributed by atoms with Gasteiger partial charge in [-0.2, -0.15) is 0 Å². The number of benzene rings is 1. The van der Waals surface area contributed by atoms with Crippen LogP contribution in [0.1, 0.15) is 11.3 Å². The molecule has 1 N–H and O–H groups in total. The zero-order chi connectivity index (χ0) is 13.3. The Morgan fingerprint density at radius 3 is 2.67 bits per heavy atom. The minimum Gasteiger partial charge on any atom is -0.392 e. The SMILES string of the molecule is Cc1nc(-c2ccc(F)c(F)c2Br)ncc1CO. The van der Waals surface area contributed by atoms with Crippen molar-refractivity contribution < 1.29 is 13.9 Å². The van der Waals surface area contributed by atoms with Crippen LogP contribution in [0.3, 0.4) is 0 Å². The fourth-order valence-corrected chi connectivity index (χ4v) is 1.97. The standard InChI is InChI=1S/C12H9BrF2N2O/c1-6-7(5-18)4-16-12(17-6)8-2-3-9(14)11(15)10(8)13/h2-4,18H,5H2,1H3. The third kappa shape index (κ3) is 2.26. The molecule has 0 radical (unpaired) electrons. The van der Waals surface area contributed by atoms with Crippen molar-refractivity contribution in [2.24, 2.45) is 0 Å². The van der Waals surface area contributed by atoms with E-state index < -0.39 is 11.6 Å². The van der Waals surface area contributed by atoms with Crippen LogP contribution in [-0.4, -0.2) is 15.1 Å². The maximum Gasteiger partial charge on any atom is 0.173 e. The molecule has 94 valence electrons. The van der Waals surface area contributed by atoms with Gasteiger partial charge in [0.1, 0.15) is 0 Å². The summed E-state index contributed by atoms with van der Waals surface area (Å²) in [5, 5.41) is 9.02. The van der Waals surface area contributed by atoms with Crippen LogP contribution in [0.4, 0.5) is 8.78 Å². The highest BCUT2D eigenvalue weighted by molar-refractivity contribution is 9.10. The lowest BCUT2D eigenvalue weighted by atomic mass is 10.2. The molecule has 1 aromatic heterocycles. The van der Waals surface area contributed by atoms with Gasteiger partial charge in [0.15, 0.2) is 17.5 Å². The fraction of sp³-hybridized carbons (Fsp3) is 0.167. The Bertz CT molecular complexity index is 605. The normalized spacial score (nSPS) is 10.7. The van der Waals surface area contributed by atoms with E-state index in [0.29, 0.717) is 16.8 Å². The van der Waals surface area contributed by atoms with Crippen molar-refractivity contribution in [2.75, 3.05) is 0 Å². The largest absolute Gasteiger partial charge is 0.392 e. The van der Waals surface area contributed by atoms with E-state index in [9.17, 15) is 8.78 Å². The second kappa shape index (κ2) is 5.07. The molecule has 0 spiro atoms. The van der Waals surface area contributed by atoms with Crippen molar-refractivity contribution in [3.63, 3.8) is 0 Å². The first-order valence-electron chi connectivity index (χ1n) is 5.12. The summed E-state index contributed by atoms with van der Waals surface area (Å²) in [7, 11) is 0. The van der Waals surface area contributed by atoms with Crippen molar-refractivity contribution in [1.29, 1.82) is 0 Å². The molecule has 0 saturated heterocycles. The Morgan fingerprint density at radius 2 is 2.06 bits per heavy atom. The molecule has 3 nitrogen and oxygen atoms in total. The number of aryl methyl sites for hydroxylation is 1. The topological polar surface area (TPSA) is 46.0 Å². The highest BCUT2D eigenvalue weighted by Crippen LogP contribution is 2.29. The lowest BCUT2D eigenvalue weighted by Gasteiger charge is -2.07. The lowest BCUT2D eigenvalue weighted by molar-refractivity contribution is 0.280. The van der Waals surface area contributed by atoms with E-state index in [4.69, 9.17) is 5.11 Å². The van der Waals surface area contributed by atoms with Crippen LogP contribution < -0.4 is 0 Å². The first-order chi connectivity index (χ1) is 8.54. The van der Waals surface area contributed by atoms with E-state index in [1.54, 1.807) is 6.92 Å². The number of aromatic nitrogens is 2. The van der Waals surface area contributed by atoms with Crippen molar-refractivity contribution in [3.8, 4) is 11.4 Å². The summed E-state index contributed by atoms with van der Waals surface area (Å²) in [6.07, 6.45) is 1.46. The number of rotatable bonds is 2. The average Bonchev–Trinajstić information content (AvgIpc) is 2.36. The molecule has 0 aliphatic carbocycles. The van der Waals surface area contributed by atoms with Gasteiger partial charge in [0, 0.05) is 23.0 Å². The van der Waals surface area contributed by atoms with Gasteiger partial charge in [-0.3, -0.25) is 0 Å². The molecule has 0 bridgehead atoms. The molecule has 0 aliphatic heterocycles. The smallest absolute Gasteiger partial charge is 0.173 e. The van der Waals surface area contributed by atoms with Crippen LogP contribution in [0.5, 0.6) is 0 Å². The van der Waals surface area contributed by atoms with Crippen molar-refractivity contribution in [3.05, 3.63) is 45.7 Å². The van der Waals surface area contributed by atoms with Crippen molar-refractivity contribution in [1.82, 2.24) is 9.97 Å². The molecule has 2 rings (SSSR count). The summed E-state index contributed by atoms with van der Waals surface area (Å²) >= 11 is 2.98. The number of halogens is 3. The molecular weight excluding hydrogens is 306 g/mol. The summed E-state index contributed by atoms with van der Waals surface area (Å²) in [5.41, 5.74) is 1.55. The Hall–Kier alpha value is -1.40. The maximum atomic E-state index is 13.4. The van der Waals surface area contributed by atoms with Gasteiger partial charge in [-0.15, -0.1) is 0 Å². The molecule has 0 saturated carbocycles. The summed E-state index contributed by atoms with van der Waals surface area (Å²) in [4.78, 5) is 8.18. The van der Waals surface area contributed by atoms with Crippen LogP contribution in [0.15, 0.2) is 22.8 Å². The number of aliphatic hydroxyl groups excluding tert-OH is 1. The highest BCUT2D eigenvalue weighted by atomic mass is 79.9. The summed E-state index contributed by atoms with van der Waals surface area (Å²) in [5.74, 6) is -1.63. The minimum atomic E-state index is -0.972. The molecular formula is C12H9BrF2N2O. The van der Waals surface area contributed by atoms with E-state index in [2.05, 4.69) is 25.9 Å². The average molecular weight is 315 g/mol. The highest BCUT2D eigenvalue weighted by Gasteiger charge is 2.15. The second-order valence-corrected chi connectivity index (χ2v) is 4.48. The van der Waals surface area contributed by atoms with Gasteiger partial charge in [0.25, 0.3) is 0 Å². The van der Waals surface area contributed by atoms with Crippen LogP contribution in [0.25, 0.3) is 11.4 Å².